The van der Waals surface area contributed by atoms with E-state index in [4.69, 9.17) is 0 Å². The SMILES string of the molecule is [c]1ccc2ccc3cncnc3c2c1. The first-order chi connectivity index (χ1) is 6.95. The van der Waals surface area contributed by atoms with Crippen LogP contribution in [0.3, 0.4) is 0 Å². The van der Waals surface area contributed by atoms with Crippen LogP contribution in [-0.2, 0) is 0 Å². The van der Waals surface area contributed by atoms with Gasteiger partial charge >= 0.3 is 0 Å². The predicted molar refractivity (Wildman–Crippen MR) is 55.9 cm³/mol. The maximum Gasteiger partial charge on any atom is 0.116 e. The minimum absolute atomic E-state index is 0.995. The monoisotopic (exact) mass is 179 g/mol. The molecule has 1 aromatic heterocycles. The van der Waals surface area contributed by atoms with E-state index < -0.39 is 0 Å². The van der Waals surface area contributed by atoms with E-state index >= 15 is 0 Å². The predicted octanol–water partition coefficient (Wildman–Crippen LogP) is 2.58. The van der Waals surface area contributed by atoms with Crippen molar-refractivity contribution in [1.82, 2.24) is 9.97 Å². The van der Waals surface area contributed by atoms with Gasteiger partial charge in [0, 0.05) is 17.0 Å². The summed E-state index contributed by atoms with van der Waals surface area (Å²) in [7, 11) is 0. The Morgan fingerprint density at radius 1 is 1.07 bits per heavy atom. The molecule has 0 aliphatic heterocycles. The Balaban J connectivity index is 2.61. The van der Waals surface area contributed by atoms with Crippen molar-refractivity contribution in [2.45, 2.75) is 0 Å². The van der Waals surface area contributed by atoms with E-state index in [2.05, 4.69) is 22.1 Å². The summed E-state index contributed by atoms with van der Waals surface area (Å²) in [5.41, 5.74) is 0.995. The molecule has 3 rings (SSSR count). The summed E-state index contributed by atoms with van der Waals surface area (Å²) >= 11 is 0. The number of aromatic nitrogens is 2. The lowest BCUT2D eigenvalue weighted by atomic mass is 10.1. The van der Waals surface area contributed by atoms with Gasteiger partial charge in [-0.3, -0.25) is 0 Å². The Morgan fingerprint density at radius 2 is 2.00 bits per heavy atom. The van der Waals surface area contributed by atoms with Gasteiger partial charge in [0.05, 0.1) is 5.52 Å². The minimum Gasteiger partial charge on any atom is -0.244 e. The lowest BCUT2D eigenvalue weighted by Gasteiger charge is -2.00. The molecule has 0 bridgehead atoms. The molecule has 2 aromatic carbocycles. The standard InChI is InChI=1S/C12H7N2/c1-2-4-11-9(3-1)5-6-10-7-13-8-14-12(10)11/h1,3-8H. The molecule has 0 amide bonds. The van der Waals surface area contributed by atoms with Crippen molar-refractivity contribution in [3.63, 3.8) is 0 Å². The highest BCUT2D eigenvalue weighted by molar-refractivity contribution is 6.04. The molecular formula is C12H7N2. The second-order valence-corrected chi connectivity index (χ2v) is 3.17. The average Bonchev–Trinajstić information content (AvgIpc) is 2.29. The fraction of sp³-hybridized carbons (Fsp3) is 0. The zero-order chi connectivity index (χ0) is 9.38. The Bertz CT molecular complexity index is 547. The maximum atomic E-state index is 4.28. The number of benzene rings is 2. The number of nitrogens with zero attached hydrogens (tertiary/aromatic N) is 2. The van der Waals surface area contributed by atoms with E-state index in [1.165, 1.54) is 5.39 Å². The van der Waals surface area contributed by atoms with Crippen LogP contribution >= 0.6 is 0 Å². The average molecular weight is 179 g/mol. The molecule has 0 N–H and O–H groups in total. The lowest BCUT2D eigenvalue weighted by Crippen LogP contribution is -1.82. The molecule has 2 nitrogen and oxygen atoms in total. The van der Waals surface area contributed by atoms with E-state index in [1.54, 1.807) is 6.33 Å². The third-order valence-corrected chi connectivity index (χ3v) is 2.34. The summed E-state index contributed by atoms with van der Waals surface area (Å²) in [6.45, 7) is 0. The van der Waals surface area contributed by atoms with Gasteiger partial charge in [0.1, 0.15) is 6.33 Å². The molecular weight excluding hydrogens is 172 g/mol. The molecule has 0 saturated carbocycles. The van der Waals surface area contributed by atoms with Crippen LogP contribution in [0.1, 0.15) is 0 Å². The van der Waals surface area contributed by atoms with Crippen LogP contribution in [0.25, 0.3) is 21.7 Å². The minimum atomic E-state index is 0.995. The first-order valence-corrected chi connectivity index (χ1v) is 4.44. The number of fused-ring (bicyclic) bond motifs is 3. The molecule has 2 heteroatoms. The summed E-state index contributed by atoms with van der Waals surface area (Å²) in [5, 5.41) is 3.39. The van der Waals surface area contributed by atoms with Crippen molar-refractivity contribution in [2.24, 2.45) is 0 Å². The molecule has 1 radical (unpaired) electrons. The lowest BCUT2D eigenvalue weighted by molar-refractivity contribution is 1.23. The molecule has 65 valence electrons. The van der Waals surface area contributed by atoms with Crippen LogP contribution in [0.5, 0.6) is 0 Å². The maximum absolute atomic E-state index is 4.28. The molecule has 0 saturated heterocycles. The van der Waals surface area contributed by atoms with Gasteiger partial charge in [-0.05, 0) is 17.5 Å². The van der Waals surface area contributed by atoms with Gasteiger partial charge in [0.2, 0.25) is 0 Å². The zero-order valence-electron chi connectivity index (χ0n) is 7.44. The molecule has 1 heterocycles. The van der Waals surface area contributed by atoms with E-state index in [1.807, 2.05) is 30.5 Å². The molecule has 0 unspecified atom stereocenters. The molecule has 0 fully saturated rings. The summed E-state index contributed by atoms with van der Waals surface area (Å²) in [4.78, 5) is 8.28. The number of rotatable bonds is 0. The summed E-state index contributed by atoms with van der Waals surface area (Å²) in [6.07, 6.45) is 3.41. The smallest absolute Gasteiger partial charge is 0.116 e. The van der Waals surface area contributed by atoms with Crippen molar-refractivity contribution in [2.75, 3.05) is 0 Å². The van der Waals surface area contributed by atoms with Crippen LogP contribution in [0, 0.1) is 6.07 Å². The van der Waals surface area contributed by atoms with Gasteiger partial charge < -0.3 is 0 Å². The van der Waals surface area contributed by atoms with Crippen LogP contribution in [0.4, 0.5) is 0 Å². The largest absolute Gasteiger partial charge is 0.244 e. The number of hydrogen-bond donors (Lipinski definition) is 0. The van der Waals surface area contributed by atoms with Crippen molar-refractivity contribution in [3.05, 3.63) is 48.9 Å². The van der Waals surface area contributed by atoms with E-state index in [9.17, 15) is 0 Å². The van der Waals surface area contributed by atoms with Crippen LogP contribution in [0.15, 0.2) is 42.9 Å². The van der Waals surface area contributed by atoms with Crippen molar-refractivity contribution < 1.29 is 0 Å². The molecule has 0 aliphatic carbocycles. The zero-order valence-corrected chi connectivity index (χ0v) is 7.44. The Morgan fingerprint density at radius 3 is 3.00 bits per heavy atom. The molecule has 0 spiro atoms. The Kier molecular flexibility index (Phi) is 1.47. The van der Waals surface area contributed by atoms with Gasteiger partial charge in [-0.15, -0.1) is 0 Å². The first-order valence-electron chi connectivity index (χ1n) is 4.44. The highest BCUT2D eigenvalue weighted by Crippen LogP contribution is 2.21. The fourth-order valence-corrected chi connectivity index (χ4v) is 1.66. The quantitative estimate of drug-likeness (QED) is 0.496. The third kappa shape index (κ3) is 0.973. The molecule has 3 aromatic rings. The Hall–Kier alpha value is -1.96. The molecule has 0 atom stereocenters. The highest BCUT2D eigenvalue weighted by atomic mass is 14.8. The molecule has 0 aliphatic rings. The third-order valence-electron chi connectivity index (χ3n) is 2.34. The van der Waals surface area contributed by atoms with Gasteiger partial charge in [0.15, 0.2) is 0 Å². The van der Waals surface area contributed by atoms with E-state index in [0.717, 1.165) is 16.3 Å². The Labute approximate surface area is 81.2 Å². The summed E-state index contributed by atoms with van der Waals surface area (Å²) in [5.74, 6) is 0. The number of hydrogen-bond acceptors (Lipinski definition) is 2. The van der Waals surface area contributed by atoms with Crippen LogP contribution < -0.4 is 0 Å². The van der Waals surface area contributed by atoms with E-state index in [-0.39, 0.29) is 0 Å². The summed E-state index contributed by atoms with van der Waals surface area (Å²) in [6, 6.07) is 13.1. The summed E-state index contributed by atoms with van der Waals surface area (Å²) < 4.78 is 0. The second kappa shape index (κ2) is 2.77. The van der Waals surface area contributed by atoms with Crippen molar-refractivity contribution >= 4 is 21.7 Å². The van der Waals surface area contributed by atoms with Crippen LogP contribution in [0.2, 0.25) is 0 Å². The van der Waals surface area contributed by atoms with Crippen molar-refractivity contribution in [3.8, 4) is 0 Å². The van der Waals surface area contributed by atoms with Crippen LogP contribution in [-0.4, -0.2) is 9.97 Å². The van der Waals surface area contributed by atoms with Gasteiger partial charge in [-0.1, -0.05) is 24.3 Å². The first kappa shape index (κ1) is 7.44. The molecule has 14 heavy (non-hydrogen) atoms. The van der Waals surface area contributed by atoms with Gasteiger partial charge in [-0.25, -0.2) is 9.97 Å². The second-order valence-electron chi connectivity index (χ2n) is 3.17. The van der Waals surface area contributed by atoms with Gasteiger partial charge in [0.25, 0.3) is 0 Å². The normalized spacial score (nSPS) is 10.9. The van der Waals surface area contributed by atoms with Gasteiger partial charge in [-0.2, -0.15) is 0 Å². The highest BCUT2D eigenvalue weighted by Gasteiger charge is 1.99. The fourth-order valence-electron chi connectivity index (χ4n) is 1.66. The van der Waals surface area contributed by atoms with Crippen molar-refractivity contribution in [1.29, 1.82) is 0 Å². The topological polar surface area (TPSA) is 25.8 Å². The van der Waals surface area contributed by atoms with E-state index in [0.29, 0.717) is 0 Å².